The fourth-order valence-electron chi connectivity index (χ4n) is 2.84. The predicted octanol–water partition coefficient (Wildman–Crippen LogP) is 1.70. The average Bonchev–Trinajstić information content (AvgIpc) is 2.87. The van der Waals surface area contributed by atoms with Gasteiger partial charge < -0.3 is 14.9 Å². The Balaban J connectivity index is 1.67. The van der Waals surface area contributed by atoms with E-state index < -0.39 is 19.0 Å². The fraction of sp³-hybridized carbons (Fsp3) is 0.235. The van der Waals surface area contributed by atoms with E-state index in [1.165, 1.54) is 11.1 Å². The summed E-state index contributed by atoms with van der Waals surface area (Å²) in [7, 11) is 0. The number of hydroxylamine groups is 1. The molecular formula is C17H17NO5. The zero-order valence-electron chi connectivity index (χ0n) is 12.3. The summed E-state index contributed by atoms with van der Waals surface area (Å²) in [5.74, 6) is -1.12. The lowest BCUT2D eigenvalue weighted by molar-refractivity contribution is -0.199. The largest absolute Gasteiger partial charge is 0.479 e. The average molecular weight is 315 g/mol. The number of aliphatic hydroxyl groups is 1. The first-order valence-electron chi connectivity index (χ1n) is 7.24. The standard InChI is InChI=1S/C17H17NO5/c19-16(20)10-23-18-17(21)22-9-15-13-7-3-1-5-11(13)12-6-2-4-8-14(12)15/h1-8,15,17-18,21H,9-10H2,(H,19,20). The molecule has 0 bridgehead atoms. The van der Waals surface area contributed by atoms with Gasteiger partial charge in [-0.25, -0.2) is 4.79 Å². The maximum absolute atomic E-state index is 10.3. The third-order valence-corrected chi connectivity index (χ3v) is 3.76. The normalized spacial score (nSPS) is 14.3. The van der Waals surface area contributed by atoms with Crippen molar-refractivity contribution in [3.8, 4) is 11.1 Å². The van der Waals surface area contributed by atoms with Gasteiger partial charge in [0.15, 0.2) is 6.61 Å². The summed E-state index contributed by atoms with van der Waals surface area (Å²) in [6, 6.07) is 16.2. The lowest BCUT2D eigenvalue weighted by Crippen LogP contribution is -2.34. The second-order valence-corrected chi connectivity index (χ2v) is 5.21. The molecule has 23 heavy (non-hydrogen) atoms. The topological polar surface area (TPSA) is 88.0 Å². The van der Waals surface area contributed by atoms with Crippen molar-refractivity contribution in [1.29, 1.82) is 0 Å². The van der Waals surface area contributed by atoms with Crippen molar-refractivity contribution in [3.05, 3.63) is 59.7 Å². The molecule has 0 spiro atoms. The highest BCUT2D eigenvalue weighted by atomic mass is 16.7. The molecule has 0 fully saturated rings. The number of hydrogen-bond acceptors (Lipinski definition) is 5. The van der Waals surface area contributed by atoms with Gasteiger partial charge in [-0.1, -0.05) is 48.5 Å². The van der Waals surface area contributed by atoms with Crippen LogP contribution in [0, 0.1) is 0 Å². The van der Waals surface area contributed by atoms with Crippen LogP contribution in [0.15, 0.2) is 48.5 Å². The quantitative estimate of drug-likeness (QED) is 0.532. The van der Waals surface area contributed by atoms with E-state index in [0.717, 1.165) is 11.1 Å². The van der Waals surface area contributed by atoms with Gasteiger partial charge in [-0.05, 0) is 22.3 Å². The van der Waals surface area contributed by atoms with Gasteiger partial charge in [0.1, 0.15) is 0 Å². The van der Waals surface area contributed by atoms with Gasteiger partial charge in [-0.3, -0.25) is 4.84 Å². The first-order valence-corrected chi connectivity index (χ1v) is 7.24. The van der Waals surface area contributed by atoms with E-state index >= 15 is 0 Å². The molecule has 0 amide bonds. The van der Waals surface area contributed by atoms with E-state index in [0.29, 0.717) is 0 Å². The molecule has 2 aromatic carbocycles. The summed E-state index contributed by atoms with van der Waals surface area (Å²) in [6.07, 6.45) is -1.39. The Kier molecular flexibility index (Phi) is 4.68. The zero-order valence-corrected chi connectivity index (χ0v) is 12.3. The molecule has 6 nitrogen and oxygen atoms in total. The van der Waals surface area contributed by atoms with Gasteiger partial charge in [-0.15, -0.1) is 5.48 Å². The van der Waals surface area contributed by atoms with Crippen LogP contribution in [0.4, 0.5) is 0 Å². The summed E-state index contributed by atoms with van der Waals surface area (Å²) in [6.45, 7) is -0.311. The summed E-state index contributed by atoms with van der Waals surface area (Å²) >= 11 is 0. The molecule has 6 heteroatoms. The Labute approximate surface area is 133 Å². The van der Waals surface area contributed by atoms with Crippen LogP contribution in [0.25, 0.3) is 11.1 Å². The molecule has 0 radical (unpaired) electrons. The van der Waals surface area contributed by atoms with Gasteiger partial charge in [0.2, 0.25) is 6.41 Å². The molecule has 1 aliphatic carbocycles. The Bertz CT molecular complexity index is 657. The highest BCUT2D eigenvalue weighted by molar-refractivity contribution is 5.78. The lowest BCUT2D eigenvalue weighted by atomic mass is 9.98. The summed E-state index contributed by atoms with van der Waals surface area (Å²) < 4.78 is 5.35. The number of aliphatic carboxylic acids is 1. The number of aliphatic hydroxyl groups excluding tert-OH is 1. The van der Waals surface area contributed by atoms with E-state index in [2.05, 4.69) is 22.5 Å². The number of hydrogen-bond donors (Lipinski definition) is 3. The van der Waals surface area contributed by atoms with Crippen molar-refractivity contribution in [2.24, 2.45) is 0 Å². The number of carboxylic acids is 1. The van der Waals surface area contributed by atoms with Crippen molar-refractivity contribution < 1.29 is 24.6 Å². The third kappa shape index (κ3) is 3.40. The maximum atomic E-state index is 10.3. The smallest absolute Gasteiger partial charge is 0.331 e. The molecule has 2 aromatic rings. The minimum absolute atomic E-state index is 0.0123. The third-order valence-electron chi connectivity index (χ3n) is 3.76. The van der Waals surface area contributed by atoms with Gasteiger partial charge >= 0.3 is 5.97 Å². The molecule has 0 aromatic heterocycles. The molecule has 120 valence electrons. The van der Waals surface area contributed by atoms with Crippen molar-refractivity contribution in [2.45, 2.75) is 12.3 Å². The van der Waals surface area contributed by atoms with Crippen molar-refractivity contribution in [1.82, 2.24) is 5.48 Å². The summed E-state index contributed by atoms with van der Waals surface area (Å²) in [5.41, 5.74) is 6.77. The van der Waals surface area contributed by atoms with Gasteiger partial charge in [0.05, 0.1) is 6.61 Å². The molecular weight excluding hydrogens is 298 g/mol. The molecule has 0 saturated carbocycles. The number of carboxylic acid groups (broad SMARTS) is 1. The Morgan fingerprint density at radius 1 is 1.09 bits per heavy atom. The Morgan fingerprint density at radius 2 is 1.65 bits per heavy atom. The monoisotopic (exact) mass is 315 g/mol. The second kappa shape index (κ2) is 6.89. The van der Waals surface area contributed by atoms with Crippen LogP contribution in [0.3, 0.4) is 0 Å². The summed E-state index contributed by atoms with van der Waals surface area (Å²) in [5, 5.41) is 18.1. The van der Waals surface area contributed by atoms with Gasteiger partial charge in [-0.2, -0.15) is 0 Å². The molecule has 3 rings (SSSR count). The predicted molar refractivity (Wildman–Crippen MR) is 82.4 cm³/mol. The Hall–Kier alpha value is -2.25. The number of fused-ring (bicyclic) bond motifs is 3. The van der Waals surface area contributed by atoms with Gasteiger partial charge in [0, 0.05) is 5.92 Å². The van der Waals surface area contributed by atoms with E-state index in [1.54, 1.807) is 0 Å². The van der Waals surface area contributed by atoms with E-state index in [4.69, 9.17) is 9.84 Å². The number of rotatable bonds is 7. The number of benzene rings is 2. The molecule has 1 atom stereocenters. The molecule has 1 unspecified atom stereocenters. The molecule has 0 heterocycles. The number of carbonyl (C=O) groups is 1. The number of ether oxygens (including phenoxy) is 1. The fourth-order valence-corrected chi connectivity index (χ4v) is 2.84. The van der Waals surface area contributed by atoms with Crippen LogP contribution in [-0.4, -0.2) is 35.8 Å². The van der Waals surface area contributed by atoms with Crippen molar-refractivity contribution in [2.75, 3.05) is 13.2 Å². The molecule has 3 N–H and O–H groups in total. The van der Waals surface area contributed by atoms with Crippen LogP contribution in [0.5, 0.6) is 0 Å². The van der Waals surface area contributed by atoms with Crippen LogP contribution in [0.2, 0.25) is 0 Å². The minimum atomic E-state index is -1.39. The highest BCUT2D eigenvalue weighted by Gasteiger charge is 2.28. The zero-order chi connectivity index (χ0) is 16.2. The first kappa shape index (κ1) is 15.6. The maximum Gasteiger partial charge on any atom is 0.331 e. The van der Waals surface area contributed by atoms with Crippen LogP contribution in [0.1, 0.15) is 17.0 Å². The van der Waals surface area contributed by atoms with Crippen molar-refractivity contribution >= 4 is 5.97 Å². The van der Waals surface area contributed by atoms with E-state index in [9.17, 15) is 9.90 Å². The van der Waals surface area contributed by atoms with Gasteiger partial charge in [0.25, 0.3) is 0 Å². The molecule has 0 aliphatic heterocycles. The van der Waals surface area contributed by atoms with Crippen molar-refractivity contribution in [3.63, 3.8) is 0 Å². The van der Waals surface area contributed by atoms with E-state index in [-0.39, 0.29) is 12.5 Å². The number of nitrogens with one attached hydrogen (secondary N) is 1. The van der Waals surface area contributed by atoms with Crippen LogP contribution in [-0.2, 0) is 14.4 Å². The second-order valence-electron chi connectivity index (χ2n) is 5.21. The SMILES string of the molecule is O=C(O)CONC(O)OCC1c2ccccc2-c2ccccc21. The van der Waals surface area contributed by atoms with Crippen LogP contribution < -0.4 is 5.48 Å². The lowest BCUT2D eigenvalue weighted by Gasteiger charge is -2.18. The first-order chi connectivity index (χ1) is 11.2. The van der Waals surface area contributed by atoms with Crippen LogP contribution >= 0.6 is 0 Å². The summed E-state index contributed by atoms with van der Waals surface area (Å²) in [4.78, 5) is 14.9. The molecule has 0 saturated heterocycles. The Morgan fingerprint density at radius 3 is 2.22 bits per heavy atom. The minimum Gasteiger partial charge on any atom is -0.479 e. The molecule has 1 aliphatic rings. The van der Waals surface area contributed by atoms with E-state index in [1.807, 2.05) is 36.4 Å². The highest BCUT2D eigenvalue weighted by Crippen LogP contribution is 2.44.